The Balaban J connectivity index is 1.29. The molecule has 3 rings (SSSR count). The fourth-order valence-corrected chi connectivity index (χ4v) is 5.65. The molecule has 0 radical (unpaired) electrons. The molecule has 0 aromatic heterocycles. The Bertz CT molecular complexity index is 969. The molecule has 0 unspecified atom stereocenters. The molecule has 2 heteroatoms. The van der Waals surface area contributed by atoms with E-state index in [1.165, 1.54) is 109 Å². The van der Waals surface area contributed by atoms with Gasteiger partial charge < -0.3 is 10.5 Å². The Labute approximate surface area is 245 Å². The molecule has 0 aliphatic rings. The molecule has 0 atom stereocenters. The molecule has 0 fully saturated rings. The molecule has 0 aliphatic heterocycles. The van der Waals surface area contributed by atoms with Crippen molar-refractivity contribution in [1.82, 2.24) is 0 Å². The largest absolute Gasteiger partial charge is 0.492 e. The van der Waals surface area contributed by atoms with E-state index >= 15 is 0 Å². The van der Waals surface area contributed by atoms with E-state index in [0.717, 1.165) is 46.7 Å². The third kappa shape index (κ3) is 12.2. The maximum Gasteiger partial charge on any atom is 0.135 e. The first-order valence-corrected chi connectivity index (χ1v) is 16.5. The molecule has 0 saturated carbocycles. The first-order valence-electron chi connectivity index (χ1n) is 16.5. The molecule has 3 aromatic carbocycles. The molecule has 0 heterocycles. The second-order valence-corrected chi connectivity index (χ2v) is 11.5. The molecule has 0 bridgehead atoms. The summed E-state index contributed by atoms with van der Waals surface area (Å²) in [6, 6.07) is 25.0. The van der Waals surface area contributed by atoms with Crippen LogP contribution < -0.4 is 10.5 Å². The van der Waals surface area contributed by atoms with Crippen molar-refractivity contribution in [1.29, 1.82) is 0 Å². The Morgan fingerprint density at radius 2 is 0.825 bits per heavy atom. The summed E-state index contributed by atoms with van der Waals surface area (Å²) < 4.78 is 6.51. The highest BCUT2D eigenvalue weighted by molar-refractivity contribution is 5.85. The third-order valence-corrected chi connectivity index (χ3v) is 8.03. The molecule has 0 aliphatic carbocycles. The number of hydrogen-bond donors (Lipinski definition) is 1. The predicted molar refractivity (Wildman–Crippen MR) is 176 cm³/mol. The minimum absolute atomic E-state index is 0.738. The van der Waals surface area contributed by atoms with Gasteiger partial charge in [-0.3, -0.25) is 0 Å². The second-order valence-electron chi connectivity index (χ2n) is 11.5. The number of anilines is 1. The van der Waals surface area contributed by atoms with E-state index in [4.69, 9.17) is 10.5 Å². The maximum atomic E-state index is 6.51. The summed E-state index contributed by atoms with van der Waals surface area (Å²) in [5.74, 6) is 0.943. The Kier molecular flexibility index (Phi) is 16.0. The van der Waals surface area contributed by atoms with E-state index < -0.39 is 0 Å². The van der Waals surface area contributed by atoms with Crippen LogP contribution in [0.15, 0.2) is 72.8 Å². The maximum absolute atomic E-state index is 6.51. The van der Waals surface area contributed by atoms with Crippen LogP contribution in [-0.4, -0.2) is 6.61 Å². The molecule has 0 amide bonds. The number of benzene rings is 3. The van der Waals surface area contributed by atoms with Gasteiger partial charge in [0.1, 0.15) is 5.75 Å². The minimum atomic E-state index is 0.738. The monoisotopic (exact) mass is 541 g/mol. The molecule has 3 aromatic rings. The van der Waals surface area contributed by atoms with Crippen LogP contribution in [0.4, 0.5) is 5.69 Å². The van der Waals surface area contributed by atoms with Crippen LogP contribution >= 0.6 is 0 Å². The third-order valence-electron chi connectivity index (χ3n) is 8.03. The highest BCUT2D eigenvalue weighted by Crippen LogP contribution is 2.41. The molecule has 2 nitrogen and oxygen atoms in total. The van der Waals surface area contributed by atoms with Crippen LogP contribution in [0, 0.1) is 0 Å². The smallest absolute Gasteiger partial charge is 0.135 e. The molecule has 0 spiro atoms. The van der Waals surface area contributed by atoms with E-state index in [0.29, 0.717) is 0 Å². The fraction of sp³-hybridized carbons (Fsp3) is 0.526. The van der Waals surface area contributed by atoms with E-state index in [9.17, 15) is 0 Å². The van der Waals surface area contributed by atoms with Crippen molar-refractivity contribution in [2.75, 3.05) is 12.3 Å². The highest BCUT2D eigenvalue weighted by Gasteiger charge is 2.15. The summed E-state index contributed by atoms with van der Waals surface area (Å²) in [6.45, 7) is 3.03. The van der Waals surface area contributed by atoms with Gasteiger partial charge in [0, 0.05) is 16.8 Å². The van der Waals surface area contributed by atoms with Crippen LogP contribution in [0.3, 0.4) is 0 Å². The molecular formula is C38H55NO. The van der Waals surface area contributed by atoms with Gasteiger partial charge >= 0.3 is 0 Å². The van der Waals surface area contributed by atoms with Gasteiger partial charge in [-0.2, -0.15) is 0 Å². The van der Waals surface area contributed by atoms with Crippen LogP contribution in [0.2, 0.25) is 0 Å². The average Bonchev–Trinajstić information content (AvgIpc) is 2.99. The lowest BCUT2D eigenvalue weighted by atomic mass is 9.96. The van der Waals surface area contributed by atoms with Crippen molar-refractivity contribution in [3.05, 3.63) is 72.8 Å². The van der Waals surface area contributed by atoms with Gasteiger partial charge in [0.25, 0.3) is 0 Å². The number of unbranched alkanes of at least 4 members (excludes halogenated alkanes) is 17. The van der Waals surface area contributed by atoms with Crippen molar-refractivity contribution in [3.63, 3.8) is 0 Å². The summed E-state index contributed by atoms with van der Waals surface area (Å²) in [7, 11) is 0. The van der Waals surface area contributed by atoms with Gasteiger partial charge in [-0.25, -0.2) is 0 Å². The summed E-state index contributed by atoms with van der Waals surface area (Å²) in [4.78, 5) is 0. The number of ether oxygens (including phenoxy) is 1. The molecular weight excluding hydrogens is 486 g/mol. The first-order chi connectivity index (χ1) is 19.8. The summed E-state index contributed by atoms with van der Waals surface area (Å²) in [5, 5.41) is 0. The van der Waals surface area contributed by atoms with E-state index in [1.54, 1.807) is 0 Å². The van der Waals surface area contributed by atoms with Gasteiger partial charge in [0.05, 0.1) is 6.61 Å². The minimum Gasteiger partial charge on any atom is -0.492 e. The van der Waals surface area contributed by atoms with Gasteiger partial charge in [0.2, 0.25) is 0 Å². The summed E-state index contributed by atoms with van der Waals surface area (Å²) >= 11 is 0. The number of nitrogen functional groups attached to an aromatic ring is 1. The first kappa shape index (κ1) is 31.8. The van der Waals surface area contributed by atoms with Crippen molar-refractivity contribution in [3.8, 4) is 28.0 Å². The molecule has 2 N–H and O–H groups in total. The number of rotatable bonds is 22. The molecule has 0 saturated heterocycles. The van der Waals surface area contributed by atoms with Gasteiger partial charge in [-0.05, 0) is 29.7 Å². The van der Waals surface area contributed by atoms with Gasteiger partial charge in [-0.1, -0.05) is 177 Å². The van der Waals surface area contributed by atoms with Crippen molar-refractivity contribution in [2.45, 2.75) is 122 Å². The lowest BCUT2D eigenvalue weighted by molar-refractivity contribution is 0.306. The fourth-order valence-electron chi connectivity index (χ4n) is 5.65. The zero-order valence-corrected chi connectivity index (χ0v) is 25.3. The number of nitrogens with two attached hydrogens (primary N) is 1. The topological polar surface area (TPSA) is 35.2 Å². The van der Waals surface area contributed by atoms with Crippen molar-refractivity contribution >= 4 is 5.69 Å². The average molecular weight is 542 g/mol. The molecule has 40 heavy (non-hydrogen) atoms. The summed E-state index contributed by atoms with van der Waals surface area (Å²) in [5.41, 5.74) is 11.5. The van der Waals surface area contributed by atoms with E-state index in [-0.39, 0.29) is 0 Å². The Hall–Kier alpha value is -2.74. The zero-order chi connectivity index (χ0) is 28.1. The van der Waals surface area contributed by atoms with Gasteiger partial charge in [0.15, 0.2) is 0 Å². The SMILES string of the molecule is CCCCCCCCCCCCCCCCCCCCOc1c(-c2ccccc2)cc(N)cc1-c1ccccc1. The van der Waals surface area contributed by atoms with Crippen LogP contribution in [-0.2, 0) is 0 Å². The lowest BCUT2D eigenvalue weighted by Crippen LogP contribution is -2.02. The van der Waals surface area contributed by atoms with Gasteiger partial charge in [-0.15, -0.1) is 0 Å². The second kappa shape index (κ2) is 20.2. The Morgan fingerprint density at radius 1 is 0.475 bits per heavy atom. The highest BCUT2D eigenvalue weighted by atomic mass is 16.5. The van der Waals surface area contributed by atoms with Crippen molar-refractivity contribution < 1.29 is 4.74 Å². The summed E-state index contributed by atoms with van der Waals surface area (Å²) in [6.07, 6.45) is 25.0. The van der Waals surface area contributed by atoms with Crippen LogP contribution in [0.25, 0.3) is 22.3 Å². The van der Waals surface area contributed by atoms with Crippen LogP contribution in [0.5, 0.6) is 5.75 Å². The van der Waals surface area contributed by atoms with E-state index in [2.05, 4.69) is 55.5 Å². The standard InChI is InChI=1S/C38H55NO/c1-2-3-4-5-6-7-8-9-10-11-12-13-14-15-16-17-18-25-30-40-38-36(33-26-21-19-22-27-33)31-35(39)32-37(38)34-28-23-20-24-29-34/h19-24,26-29,31-32H,2-18,25,30,39H2,1H3. The number of hydrogen-bond acceptors (Lipinski definition) is 2. The Morgan fingerprint density at radius 3 is 1.20 bits per heavy atom. The normalized spacial score (nSPS) is 11.1. The molecule has 218 valence electrons. The zero-order valence-electron chi connectivity index (χ0n) is 25.3. The van der Waals surface area contributed by atoms with Crippen LogP contribution in [0.1, 0.15) is 122 Å². The lowest BCUT2D eigenvalue weighted by Gasteiger charge is -2.18. The quantitative estimate of drug-likeness (QED) is 0.101. The van der Waals surface area contributed by atoms with E-state index in [1.807, 2.05) is 24.3 Å². The van der Waals surface area contributed by atoms with Crippen molar-refractivity contribution in [2.24, 2.45) is 0 Å². The predicted octanol–water partition coefficient (Wildman–Crippen LogP) is 12.0.